The van der Waals surface area contributed by atoms with Gasteiger partial charge in [0.05, 0.1) is 11.8 Å². The number of rotatable bonds is 4. The van der Waals surface area contributed by atoms with Gasteiger partial charge in [0.15, 0.2) is 5.65 Å². The van der Waals surface area contributed by atoms with Gasteiger partial charge in [-0.15, -0.1) is 0 Å². The summed E-state index contributed by atoms with van der Waals surface area (Å²) < 4.78 is 24.4. The van der Waals surface area contributed by atoms with Crippen LogP contribution in [0.1, 0.15) is 66.3 Å². The molecule has 1 aliphatic heterocycles. The minimum absolute atomic E-state index is 0.00183. The van der Waals surface area contributed by atoms with Gasteiger partial charge in [-0.05, 0) is 69.4 Å². The molecule has 0 bridgehead atoms. The number of nitrogens with zero attached hydrogens (tertiary/aromatic N) is 4. The molecule has 37 heavy (non-hydrogen) atoms. The van der Waals surface area contributed by atoms with Crippen molar-refractivity contribution in [3.05, 3.63) is 96.8 Å². The van der Waals surface area contributed by atoms with Crippen molar-refractivity contribution >= 4 is 17.2 Å². The largest absolute Gasteiger partial charge is 0.373 e. The van der Waals surface area contributed by atoms with Crippen LogP contribution in [0.25, 0.3) is 16.9 Å². The van der Waals surface area contributed by atoms with Crippen molar-refractivity contribution in [1.29, 1.82) is 0 Å². The maximum Gasteiger partial charge on any atom is 0.261 e. The van der Waals surface area contributed by atoms with Crippen LogP contribution in [0.15, 0.2) is 52.3 Å². The lowest BCUT2D eigenvalue weighted by molar-refractivity contribution is 0.00418. The van der Waals surface area contributed by atoms with Crippen molar-refractivity contribution in [1.82, 2.24) is 18.9 Å². The first-order valence-corrected chi connectivity index (χ1v) is 12.9. The first kappa shape index (κ1) is 24.0. The summed E-state index contributed by atoms with van der Waals surface area (Å²) in [7, 11) is 0. The highest BCUT2D eigenvalue weighted by molar-refractivity contribution is 6.30. The number of hydrogen-bond acceptors (Lipinski definition) is 5. The molecule has 0 spiro atoms. The molecule has 1 aromatic carbocycles. The van der Waals surface area contributed by atoms with E-state index in [2.05, 4.69) is 4.98 Å². The van der Waals surface area contributed by atoms with Crippen LogP contribution in [0.4, 0.5) is 4.39 Å². The predicted octanol–water partition coefficient (Wildman–Crippen LogP) is 5.30. The van der Waals surface area contributed by atoms with Gasteiger partial charge in [-0.3, -0.25) is 14.0 Å². The smallest absolute Gasteiger partial charge is 0.261 e. The van der Waals surface area contributed by atoms with E-state index in [-0.39, 0.29) is 39.8 Å². The van der Waals surface area contributed by atoms with E-state index in [1.54, 1.807) is 42.8 Å². The second-order valence-corrected chi connectivity index (χ2v) is 10.4. The Kier molecular flexibility index (Phi) is 5.96. The molecule has 1 saturated heterocycles. The number of pyridine rings is 1. The minimum atomic E-state index is -0.529. The monoisotopic (exact) mass is 520 g/mol. The molecule has 0 amide bonds. The zero-order chi connectivity index (χ0) is 25.8. The molecule has 0 radical (unpaired) electrons. The third-order valence-electron chi connectivity index (χ3n) is 7.46. The molecule has 6 rings (SSSR count). The first-order valence-electron chi connectivity index (χ1n) is 12.5. The summed E-state index contributed by atoms with van der Waals surface area (Å²) in [6, 6.07) is 8.11. The number of ether oxygens (including phenoxy) is 1. The van der Waals surface area contributed by atoms with Crippen LogP contribution < -0.4 is 11.1 Å². The van der Waals surface area contributed by atoms with Gasteiger partial charge in [0.2, 0.25) is 0 Å². The zero-order valence-corrected chi connectivity index (χ0v) is 21.3. The van der Waals surface area contributed by atoms with Gasteiger partial charge in [0.1, 0.15) is 11.5 Å². The van der Waals surface area contributed by atoms with Crippen LogP contribution in [0.3, 0.4) is 0 Å². The van der Waals surface area contributed by atoms with Crippen LogP contribution in [-0.2, 0) is 4.74 Å². The van der Waals surface area contributed by atoms with Crippen molar-refractivity contribution < 1.29 is 9.13 Å². The average Bonchev–Trinajstić information content (AvgIpc) is 3.73. The van der Waals surface area contributed by atoms with Crippen molar-refractivity contribution in [2.75, 3.05) is 6.61 Å². The van der Waals surface area contributed by atoms with E-state index in [0.717, 1.165) is 18.4 Å². The minimum Gasteiger partial charge on any atom is -0.373 e. The van der Waals surface area contributed by atoms with Crippen LogP contribution >= 0.6 is 11.6 Å². The Hall–Kier alpha value is -3.36. The van der Waals surface area contributed by atoms with E-state index in [1.165, 1.54) is 10.5 Å². The summed E-state index contributed by atoms with van der Waals surface area (Å²) in [5, 5.41) is 0.277. The zero-order valence-electron chi connectivity index (χ0n) is 20.6. The summed E-state index contributed by atoms with van der Waals surface area (Å²) >= 11 is 6.00. The predicted molar refractivity (Wildman–Crippen MR) is 139 cm³/mol. The Bertz CT molecular complexity index is 1660. The van der Waals surface area contributed by atoms with Gasteiger partial charge in [-0.25, -0.2) is 14.4 Å². The summed E-state index contributed by atoms with van der Waals surface area (Å²) in [6.07, 6.45) is 6.79. The Balaban J connectivity index is 1.45. The number of fused-ring (bicyclic) bond motifs is 1. The topological polar surface area (TPSA) is 78.5 Å². The van der Waals surface area contributed by atoms with E-state index in [1.807, 2.05) is 12.3 Å². The van der Waals surface area contributed by atoms with E-state index >= 15 is 4.39 Å². The summed E-state index contributed by atoms with van der Waals surface area (Å²) in [6.45, 7) is 4.00. The quantitative estimate of drug-likeness (QED) is 0.365. The highest BCUT2D eigenvalue weighted by Crippen LogP contribution is 2.39. The maximum absolute atomic E-state index is 15.1. The maximum atomic E-state index is 15.1. The molecule has 2 atom stereocenters. The van der Waals surface area contributed by atoms with Crippen molar-refractivity contribution in [3.8, 4) is 11.3 Å². The highest BCUT2D eigenvalue weighted by atomic mass is 35.5. The lowest BCUT2D eigenvalue weighted by Gasteiger charge is -2.30. The summed E-state index contributed by atoms with van der Waals surface area (Å²) in [5.41, 5.74) is 3.37. The molecule has 1 saturated carbocycles. The van der Waals surface area contributed by atoms with Crippen LogP contribution in [0.2, 0.25) is 5.02 Å². The molecule has 4 heterocycles. The molecular formula is C28H26ClFN4O3. The van der Waals surface area contributed by atoms with Crippen LogP contribution in [-0.4, -0.2) is 25.5 Å². The van der Waals surface area contributed by atoms with E-state index < -0.39 is 5.82 Å². The molecular weight excluding hydrogens is 495 g/mol. The second kappa shape index (κ2) is 9.19. The van der Waals surface area contributed by atoms with Gasteiger partial charge in [0.25, 0.3) is 11.1 Å². The Morgan fingerprint density at radius 1 is 1.05 bits per heavy atom. The molecule has 190 valence electrons. The molecule has 7 nitrogen and oxygen atoms in total. The van der Waals surface area contributed by atoms with Gasteiger partial charge in [-0.1, -0.05) is 11.6 Å². The van der Waals surface area contributed by atoms with Crippen LogP contribution in [0, 0.1) is 19.7 Å². The molecule has 0 unspecified atom stereocenters. The number of aryl methyl sites for hydroxylation is 1. The molecule has 4 aromatic rings. The number of halogens is 2. The van der Waals surface area contributed by atoms with Crippen molar-refractivity contribution in [2.24, 2.45) is 0 Å². The number of benzene rings is 1. The first-order chi connectivity index (χ1) is 17.8. The second-order valence-electron chi connectivity index (χ2n) is 9.98. The standard InChI is InChI=1S/C28H26ClFN4O3/c1-15-16(2)31-27-26(21-7-4-19(29)12-22(21)30)32-23(14-34(27)28(15)36)17-9-10-37-24(11-17)18-3-8-25(35)33(13-18)20-5-6-20/h3-4,7-8,12-14,17,20,24H,5-6,9-11H2,1-2H3/t17-,24+/m0/s1. The Morgan fingerprint density at radius 3 is 2.62 bits per heavy atom. The SMILES string of the molecule is Cc1nc2c(-c3ccc(Cl)cc3F)nc([C@H]3CCO[C@@H](c4ccc(=O)n(C5CC5)c4)C3)cn2c(=O)c1C. The molecule has 2 aliphatic rings. The molecule has 3 aromatic heterocycles. The normalized spacial score (nSPS) is 19.9. The van der Waals surface area contributed by atoms with E-state index in [9.17, 15) is 9.59 Å². The third-order valence-corrected chi connectivity index (χ3v) is 7.69. The van der Waals surface area contributed by atoms with Gasteiger partial charge < -0.3 is 9.30 Å². The third kappa shape index (κ3) is 4.38. The lowest BCUT2D eigenvalue weighted by atomic mass is 9.90. The molecule has 1 aliphatic carbocycles. The Labute approximate surface area is 217 Å². The summed E-state index contributed by atoms with van der Waals surface area (Å²) in [4.78, 5) is 35.0. The lowest BCUT2D eigenvalue weighted by Crippen LogP contribution is -2.25. The number of aromatic nitrogens is 4. The van der Waals surface area contributed by atoms with Gasteiger partial charge >= 0.3 is 0 Å². The molecule has 2 fully saturated rings. The average molecular weight is 521 g/mol. The molecule has 9 heteroatoms. The van der Waals surface area contributed by atoms with Gasteiger partial charge in [0, 0.05) is 58.9 Å². The van der Waals surface area contributed by atoms with E-state index in [4.69, 9.17) is 21.3 Å². The highest BCUT2D eigenvalue weighted by Gasteiger charge is 2.30. The number of hydrogen-bond donors (Lipinski definition) is 0. The fourth-order valence-electron chi connectivity index (χ4n) is 5.06. The van der Waals surface area contributed by atoms with Crippen LogP contribution in [0.5, 0.6) is 0 Å². The van der Waals surface area contributed by atoms with Crippen molar-refractivity contribution in [3.63, 3.8) is 0 Å². The Morgan fingerprint density at radius 2 is 1.86 bits per heavy atom. The van der Waals surface area contributed by atoms with E-state index in [0.29, 0.717) is 47.7 Å². The van der Waals surface area contributed by atoms with Crippen molar-refractivity contribution in [2.45, 2.75) is 57.6 Å². The fraction of sp³-hybridized carbons (Fsp3) is 0.357. The summed E-state index contributed by atoms with van der Waals surface area (Å²) in [5.74, 6) is -0.564. The van der Waals surface area contributed by atoms with Gasteiger partial charge in [-0.2, -0.15) is 0 Å². The molecule has 0 N–H and O–H groups in total. The fourth-order valence-corrected chi connectivity index (χ4v) is 5.22.